The number of nitrogens with one attached hydrogen (secondary N) is 1. The van der Waals surface area contributed by atoms with Gasteiger partial charge in [-0.15, -0.1) is 0 Å². The van der Waals surface area contributed by atoms with Crippen molar-refractivity contribution in [3.63, 3.8) is 0 Å². The summed E-state index contributed by atoms with van der Waals surface area (Å²) in [7, 11) is 0. The van der Waals surface area contributed by atoms with Crippen molar-refractivity contribution < 1.29 is 0 Å². The minimum Gasteiger partial charge on any atom is -0.335 e. The second-order valence-electron chi connectivity index (χ2n) is 5.24. The summed E-state index contributed by atoms with van der Waals surface area (Å²) < 4.78 is 2.29. The van der Waals surface area contributed by atoms with Crippen LogP contribution in [0.3, 0.4) is 0 Å². The molecule has 1 N–H and O–H groups in total. The Hall–Kier alpha value is -0.830. The third-order valence-corrected chi connectivity index (χ3v) is 3.57. The predicted molar refractivity (Wildman–Crippen MR) is 77.8 cm³/mol. The van der Waals surface area contributed by atoms with Crippen molar-refractivity contribution >= 4 is 0 Å². The Morgan fingerprint density at radius 3 is 2.72 bits per heavy atom. The number of aromatic nitrogens is 2. The average Bonchev–Trinajstić information content (AvgIpc) is 2.77. The number of aryl methyl sites for hydroxylation is 1. The Bertz CT molecular complexity index is 319. The summed E-state index contributed by atoms with van der Waals surface area (Å²) in [6.45, 7) is 11.1. The van der Waals surface area contributed by atoms with Gasteiger partial charge >= 0.3 is 0 Å². The molecular weight excluding hydrogens is 222 g/mol. The highest BCUT2D eigenvalue weighted by molar-refractivity contribution is 4.96. The van der Waals surface area contributed by atoms with E-state index in [1.165, 1.54) is 25.1 Å². The molecule has 3 heteroatoms. The highest BCUT2D eigenvalue weighted by Crippen LogP contribution is 2.13. The minimum atomic E-state index is 0.558. The summed E-state index contributed by atoms with van der Waals surface area (Å²) in [6, 6.07) is 0.558. The van der Waals surface area contributed by atoms with Gasteiger partial charge in [0.15, 0.2) is 0 Å². The second-order valence-corrected chi connectivity index (χ2v) is 5.24. The first-order valence-corrected chi connectivity index (χ1v) is 7.44. The molecular formula is C15H29N3. The van der Waals surface area contributed by atoms with E-state index < -0.39 is 0 Å². The zero-order chi connectivity index (χ0) is 13.4. The van der Waals surface area contributed by atoms with E-state index >= 15 is 0 Å². The Balaban J connectivity index is 2.61. The van der Waals surface area contributed by atoms with Gasteiger partial charge in [-0.05, 0) is 25.3 Å². The second kappa shape index (κ2) is 8.30. The van der Waals surface area contributed by atoms with Gasteiger partial charge in [0.25, 0.3) is 0 Å². The maximum Gasteiger partial charge on any atom is 0.110 e. The molecule has 0 aliphatic rings. The van der Waals surface area contributed by atoms with Gasteiger partial charge in [-0.3, -0.25) is 0 Å². The lowest BCUT2D eigenvalue weighted by molar-refractivity contribution is 0.388. The molecule has 0 amide bonds. The van der Waals surface area contributed by atoms with E-state index in [1.807, 2.05) is 6.20 Å². The molecule has 18 heavy (non-hydrogen) atoms. The fraction of sp³-hybridized carbons (Fsp3) is 0.800. The Labute approximate surface area is 112 Å². The van der Waals surface area contributed by atoms with Gasteiger partial charge in [-0.2, -0.15) is 0 Å². The average molecular weight is 251 g/mol. The fourth-order valence-corrected chi connectivity index (χ4v) is 2.37. The molecule has 0 aliphatic carbocycles. The van der Waals surface area contributed by atoms with Crippen molar-refractivity contribution in [2.45, 2.75) is 66.0 Å². The minimum absolute atomic E-state index is 0.558. The van der Waals surface area contributed by atoms with Crippen LogP contribution in [-0.4, -0.2) is 22.1 Å². The van der Waals surface area contributed by atoms with Crippen LogP contribution < -0.4 is 5.32 Å². The summed E-state index contributed by atoms with van der Waals surface area (Å²) in [4.78, 5) is 4.51. The van der Waals surface area contributed by atoms with Crippen LogP contribution in [0.4, 0.5) is 0 Å². The van der Waals surface area contributed by atoms with E-state index in [0.29, 0.717) is 6.04 Å². The molecule has 104 valence electrons. The molecule has 1 aromatic rings. The predicted octanol–water partition coefficient (Wildman–Crippen LogP) is 3.25. The summed E-state index contributed by atoms with van der Waals surface area (Å²) in [6.07, 6.45) is 8.74. The lowest BCUT2D eigenvalue weighted by atomic mass is 9.97. The highest BCUT2D eigenvalue weighted by atomic mass is 15.1. The van der Waals surface area contributed by atoms with Crippen LogP contribution in [0.5, 0.6) is 0 Å². The number of rotatable bonds is 9. The molecule has 0 saturated heterocycles. The molecule has 2 unspecified atom stereocenters. The summed E-state index contributed by atoms with van der Waals surface area (Å²) in [5.74, 6) is 2.01. The van der Waals surface area contributed by atoms with E-state index in [2.05, 4.69) is 48.8 Å². The molecule has 1 rings (SSSR count). The van der Waals surface area contributed by atoms with Crippen LogP contribution in [0.25, 0.3) is 0 Å². The topological polar surface area (TPSA) is 29.9 Å². The molecule has 1 aromatic heterocycles. The third kappa shape index (κ3) is 4.81. The van der Waals surface area contributed by atoms with E-state index in [-0.39, 0.29) is 0 Å². The van der Waals surface area contributed by atoms with Crippen LogP contribution in [0.2, 0.25) is 0 Å². The first-order chi connectivity index (χ1) is 8.71. The molecule has 3 nitrogen and oxygen atoms in total. The quantitative estimate of drug-likeness (QED) is 0.730. The molecule has 0 aliphatic heterocycles. The van der Waals surface area contributed by atoms with Crippen LogP contribution in [0.1, 0.15) is 52.8 Å². The number of imidazole rings is 1. The van der Waals surface area contributed by atoms with Crippen LogP contribution >= 0.6 is 0 Å². The van der Waals surface area contributed by atoms with Gasteiger partial charge in [0.2, 0.25) is 0 Å². The number of likely N-dealkylation sites (N-methyl/N-ethyl adjacent to an activating group) is 1. The SMILES string of the molecule is CCCn1ccnc1CC(CC(C)CC)NCC. The smallest absolute Gasteiger partial charge is 0.110 e. The largest absolute Gasteiger partial charge is 0.335 e. The third-order valence-electron chi connectivity index (χ3n) is 3.57. The van der Waals surface area contributed by atoms with Crippen molar-refractivity contribution in [3.05, 3.63) is 18.2 Å². The van der Waals surface area contributed by atoms with Crippen LogP contribution in [-0.2, 0) is 13.0 Å². The summed E-state index contributed by atoms with van der Waals surface area (Å²) >= 11 is 0. The van der Waals surface area contributed by atoms with Gasteiger partial charge in [0.1, 0.15) is 5.82 Å². The number of nitrogens with zero attached hydrogens (tertiary/aromatic N) is 2. The Morgan fingerprint density at radius 1 is 1.33 bits per heavy atom. The molecule has 0 fully saturated rings. The van der Waals surface area contributed by atoms with Crippen LogP contribution in [0, 0.1) is 5.92 Å². The van der Waals surface area contributed by atoms with E-state index in [1.54, 1.807) is 0 Å². The molecule has 0 spiro atoms. The molecule has 0 bridgehead atoms. The maximum atomic E-state index is 4.51. The standard InChI is InChI=1S/C15H29N3/c1-5-9-18-10-8-17-15(18)12-14(16-7-3)11-13(4)6-2/h8,10,13-14,16H,5-7,9,11-12H2,1-4H3. The first kappa shape index (κ1) is 15.2. The number of hydrogen-bond acceptors (Lipinski definition) is 2. The molecule has 0 saturated carbocycles. The monoisotopic (exact) mass is 251 g/mol. The van der Waals surface area contributed by atoms with Gasteiger partial charge < -0.3 is 9.88 Å². The van der Waals surface area contributed by atoms with E-state index in [9.17, 15) is 0 Å². The normalized spacial score (nSPS) is 14.7. The van der Waals surface area contributed by atoms with Crippen molar-refractivity contribution in [1.29, 1.82) is 0 Å². The Morgan fingerprint density at radius 2 is 2.11 bits per heavy atom. The summed E-state index contributed by atoms with van der Waals surface area (Å²) in [5.41, 5.74) is 0. The molecule has 0 radical (unpaired) electrons. The van der Waals surface area contributed by atoms with Crippen molar-refractivity contribution in [2.75, 3.05) is 6.54 Å². The Kier molecular flexibility index (Phi) is 7.02. The lowest BCUT2D eigenvalue weighted by Crippen LogP contribution is -2.33. The molecule has 0 aromatic carbocycles. The van der Waals surface area contributed by atoms with E-state index in [0.717, 1.165) is 25.4 Å². The fourth-order valence-electron chi connectivity index (χ4n) is 2.37. The molecule has 2 atom stereocenters. The zero-order valence-electron chi connectivity index (χ0n) is 12.4. The maximum absolute atomic E-state index is 4.51. The van der Waals surface area contributed by atoms with Gasteiger partial charge in [0.05, 0.1) is 0 Å². The van der Waals surface area contributed by atoms with Crippen molar-refractivity contribution in [1.82, 2.24) is 14.9 Å². The van der Waals surface area contributed by atoms with Gasteiger partial charge in [0, 0.05) is 31.4 Å². The molecule has 1 heterocycles. The lowest BCUT2D eigenvalue weighted by Gasteiger charge is -2.21. The number of hydrogen-bond donors (Lipinski definition) is 1. The summed E-state index contributed by atoms with van der Waals surface area (Å²) in [5, 5.41) is 3.60. The zero-order valence-corrected chi connectivity index (χ0v) is 12.4. The van der Waals surface area contributed by atoms with Crippen molar-refractivity contribution in [3.8, 4) is 0 Å². The van der Waals surface area contributed by atoms with Gasteiger partial charge in [-0.1, -0.05) is 34.1 Å². The van der Waals surface area contributed by atoms with Crippen molar-refractivity contribution in [2.24, 2.45) is 5.92 Å². The van der Waals surface area contributed by atoms with Gasteiger partial charge in [-0.25, -0.2) is 4.98 Å². The van der Waals surface area contributed by atoms with E-state index in [4.69, 9.17) is 0 Å². The first-order valence-electron chi connectivity index (χ1n) is 7.44. The van der Waals surface area contributed by atoms with Crippen LogP contribution in [0.15, 0.2) is 12.4 Å². The highest BCUT2D eigenvalue weighted by Gasteiger charge is 2.14.